The van der Waals surface area contributed by atoms with E-state index < -0.39 is 10.0 Å². The lowest BCUT2D eigenvalue weighted by atomic mass is 10.1. The average Bonchev–Trinajstić information content (AvgIpc) is 3.16. The van der Waals surface area contributed by atoms with Gasteiger partial charge in [-0.05, 0) is 6.42 Å². The molecule has 8 heteroatoms. The third-order valence-electron chi connectivity index (χ3n) is 4.76. The molecule has 1 aromatic heterocycles. The molecule has 0 amide bonds. The second-order valence-corrected chi connectivity index (χ2v) is 8.29. The molecule has 2 aliphatic heterocycles. The number of anilines is 2. The first kappa shape index (κ1) is 15.3. The third kappa shape index (κ3) is 2.51. The van der Waals surface area contributed by atoms with Gasteiger partial charge in [-0.3, -0.25) is 0 Å². The maximum absolute atomic E-state index is 11.9. The molecular formula is C16H19N5O2S. The Hall–Kier alpha value is -2.19. The number of aromatic nitrogens is 2. The number of hydrogen-bond acceptors (Lipinski definition) is 6. The van der Waals surface area contributed by atoms with Gasteiger partial charge in [0.15, 0.2) is 0 Å². The molecule has 126 valence electrons. The molecule has 2 bridgehead atoms. The van der Waals surface area contributed by atoms with Crippen LogP contribution in [0.3, 0.4) is 0 Å². The molecule has 3 heterocycles. The van der Waals surface area contributed by atoms with Crippen LogP contribution in [0, 0.1) is 0 Å². The van der Waals surface area contributed by atoms with Crippen molar-refractivity contribution in [3.05, 3.63) is 36.5 Å². The van der Waals surface area contributed by atoms with E-state index in [4.69, 9.17) is 5.73 Å². The van der Waals surface area contributed by atoms with Crippen LogP contribution in [0.25, 0.3) is 11.3 Å². The van der Waals surface area contributed by atoms with Gasteiger partial charge in [-0.1, -0.05) is 30.3 Å². The molecular weight excluding hydrogens is 326 g/mol. The van der Waals surface area contributed by atoms with Crippen LogP contribution in [0.2, 0.25) is 0 Å². The lowest BCUT2D eigenvalue weighted by Crippen LogP contribution is -2.48. The van der Waals surface area contributed by atoms with E-state index in [2.05, 4.69) is 14.9 Å². The monoisotopic (exact) mass is 345 g/mol. The summed E-state index contributed by atoms with van der Waals surface area (Å²) in [6, 6.07) is 10.0. The molecule has 7 nitrogen and oxygen atoms in total. The third-order valence-corrected chi connectivity index (χ3v) is 6.06. The number of nitrogen functional groups attached to an aromatic ring is 1. The van der Waals surface area contributed by atoms with Crippen LogP contribution in [0.4, 0.5) is 11.6 Å². The lowest BCUT2D eigenvalue weighted by Gasteiger charge is -2.34. The van der Waals surface area contributed by atoms with Gasteiger partial charge in [0.25, 0.3) is 0 Å². The molecule has 2 N–H and O–H groups in total. The van der Waals surface area contributed by atoms with Crippen LogP contribution in [0.1, 0.15) is 6.42 Å². The van der Waals surface area contributed by atoms with Crippen LogP contribution >= 0.6 is 0 Å². The Morgan fingerprint density at radius 3 is 2.54 bits per heavy atom. The molecule has 2 unspecified atom stereocenters. The SMILES string of the molecule is CS(=O)(=O)N1CC2CC1CN2c1cnc(N)nc1-c1ccccc1. The van der Waals surface area contributed by atoms with Gasteiger partial charge in [0.2, 0.25) is 16.0 Å². The Labute approximate surface area is 141 Å². The van der Waals surface area contributed by atoms with Crippen molar-refractivity contribution in [2.75, 3.05) is 30.0 Å². The minimum Gasteiger partial charge on any atom is -0.368 e. The molecule has 0 radical (unpaired) electrons. The van der Waals surface area contributed by atoms with Crippen molar-refractivity contribution in [3.63, 3.8) is 0 Å². The number of piperazine rings is 1. The summed E-state index contributed by atoms with van der Waals surface area (Å²) in [6.07, 6.45) is 3.86. The van der Waals surface area contributed by atoms with E-state index in [0.29, 0.717) is 13.1 Å². The normalized spacial score (nSPS) is 23.8. The van der Waals surface area contributed by atoms with Crippen molar-refractivity contribution in [2.45, 2.75) is 18.5 Å². The smallest absolute Gasteiger partial charge is 0.220 e. The zero-order valence-electron chi connectivity index (χ0n) is 13.3. The lowest BCUT2D eigenvalue weighted by molar-refractivity contribution is 0.371. The maximum Gasteiger partial charge on any atom is 0.220 e. The summed E-state index contributed by atoms with van der Waals surface area (Å²) in [4.78, 5) is 10.8. The predicted molar refractivity (Wildman–Crippen MR) is 93.0 cm³/mol. The molecule has 4 rings (SSSR count). The zero-order chi connectivity index (χ0) is 16.9. The largest absolute Gasteiger partial charge is 0.368 e. The number of hydrogen-bond donors (Lipinski definition) is 1. The fraction of sp³-hybridized carbons (Fsp3) is 0.375. The predicted octanol–water partition coefficient (Wildman–Crippen LogP) is 0.948. The summed E-state index contributed by atoms with van der Waals surface area (Å²) in [5.41, 5.74) is 8.47. The van der Waals surface area contributed by atoms with E-state index in [0.717, 1.165) is 23.4 Å². The highest BCUT2D eigenvalue weighted by molar-refractivity contribution is 7.88. The fourth-order valence-electron chi connectivity index (χ4n) is 3.74. The highest BCUT2D eigenvalue weighted by Crippen LogP contribution is 2.39. The van der Waals surface area contributed by atoms with Crippen LogP contribution in [-0.2, 0) is 10.0 Å². The van der Waals surface area contributed by atoms with Crippen molar-refractivity contribution < 1.29 is 8.42 Å². The summed E-state index contributed by atoms with van der Waals surface area (Å²) in [6.45, 7) is 1.17. The van der Waals surface area contributed by atoms with E-state index >= 15 is 0 Å². The minimum absolute atomic E-state index is 0.0196. The summed E-state index contributed by atoms with van der Waals surface area (Å²) in [5.74, 6) is 0.236. The second kappa shape index (κ2) is 5.42. The average molecular weight is 345 g/mol. The topological polar surface area (TPSA) is 92.4 Å². The molecule has 1 aromatic carbocycles. The summed E-state index contributed by atoms with van der Waals surface area (Å²) >= 11 is 0. The zero-order valence-corrected chi connectivity index (χ0v) is 14.1. The number of benzene rings is 1. The van der Waals surface area contributed by atoms with Crippen LogP contribution in [0.5, 0.6) is 0 Å². The first-order valence-electron chi connectivity index (χ1n) is 7.85. The van der Waals surface area contributed by atoms with E-state index in [-0.39, 0.29) is 18.0 Å². The quantitative estimate of drug-likeness (QED) is 0.890. The summed E-state index contributed by atoms with van der Waals surface area (Å²) in [5, 5.41) is 0. The minimum atomic E-state index is -3.15. The molecule has 2 aliphatic rings. The van der Waals surface area contributed by atoms with Gasteiger partial charge in [0.05, 0.1) is 23.8 Å². The Morgan fingerprint density at radius 2 is 1.92 bits per heavy atom. The Bertz CT molecular complexity index is 871. The first-order valence-corrected chi connectivity index (χ1v) is 9.69. The maximum atomic E-state index is 11.9. The highest BCUT2D eigenvalue weighted by atomic mass is 32.2. The van der Waals surface area contributed by atoms with Gasteiger partial charge in [-0.25, -0.2) is 18.4 Å². The summed E-state index contributed by atoms with van der Waals surface area (Å²) in [7, 11) is -3.15. The van der Waals surface area contributed by atoms with Crippen LogP contribution < -0.4 is 10.6 Å². The van der Waals surface area contributed by atoms with E-state index in [1.54, 1.807) is 10.5 Å². The molecule has 2 fully saturated rings. The number of sulfonamides is 1. The van der Waals surface area contributed by atoms with Crippen LogP contribution in [-0.4, -0.2) is 54.1 Å². The molecule has 0 spiro atoms. The highest BCUT2D eigenvalue weighted by Gasteiger charge is 2.47. The van der Waals surface area contributed by atoms with Crippen molar-refractivity contribution >= 4 is 21.7 Å². The molecule has 2 atom stereocenters. The second-order valence-electron chi connectivity index (χ2n) is 6.36. The molecule has 2 aromatic rings. The Morgan fingerprint density at radius 1 is 1.17 bits per heavy atom. The van der Waals surface area contributed by atoms with Crippen molar-refractivity contribution in [3.8, 4) is 11.3 Å². The number of nitrogens with zero attached hydrogens (tertiary/aromatic N) is 4. The van der Waals surface area contributed by atoms with E-state index in [1.165, 1.54) is 6.26 Å². The standard InChI is InChI=1S/C16H19N5O2S/c1-24(22,23)21-10-12-7-13(21)9-20(12)14-8-18-16(17)19-15(14)11-5-3-2-4-6-11/h2-6,8,12-13H,7,9-10H2,1H3,(H2,17,18,19). The van der Waals surface area contributed by atoms with Gasteiger partial charge in [0, 0.05) is 30.7 Å². The first-order chi connectivity index (χ1) is 11.4. The van der Waals surface area contributed by atoms with Gasteiger partial charge in [-0.15, -0.1) is 0 Å². The number of fused-ring (bicyclic) bond motifs is 2. The molecule has 0 saturated carbocycles. The Kier molecular flexibility index (Phi) is 3.47. The van der Waals surface area contributed by atoms with E-state index in [1.807, 2.05) is 30.3 Å². The molecule has 0 aliphatic carbocycles. The summed E-state index contributed by atoms with van der Waals surface area (Å²) < 4.78 is 25.3. The van der Waals surface area contributed by atoms with E-state index in [9.17, 15) is 8.42 Å². The van der Waals surface area contributed by atoms with Crippen molar-refractivity contribution in [1.82, 2.24) is 14.3 Å². The van der Waals surface area contributed by atoms with Gasteiger partial charge >= 0.3 is 0 Å². The Balaban J connectivity index is 1.70. The van der Waals surface area contributed by atoms with Gasteiger partial charge < -0.3 is 10.6 Å². The molecule has 2 saturated heterocycles. The van der Waals surface area contributed by atoms with Gasteiger partial charge in [-0.2, -0.15) is 4.31 Å². The van der Waals surface area contributed by atoms with Crippen molar-refractivity contribution in [2.24, 2.45) is 0 Å². The van der Waals surface area contributed by atoms with Crippen molar-refractivity contribution in [1.29, 1.82) is 0 Å². The van der Waals surface area contributed by atoms with Gasteiger partial charge in [0.1, 0.15) is 0 Å². The fourth-order valence-corrected chi connectivity index (χ4v) is 4.88. The molecule has 24 heavy (non-hydrogen) atoms. The van der Waals surface area contributed by atoms with Crippen LogP contribution in [0.15, 0.2) is 36.5 Å². The number of rotatable bonds is 3. The number of nitrogens with two attached hydrogens (primary N) is 1.